The zero-order valence-electron chi connectivity index (χ0n) is 8.91. The summed E-state index contributed by atoms with van der Waals surface area (Å²) in [4.78, 5) is 0. The molecular weight excluding hydrogens is 158 g/mol. The van der Waals surface area contributed by atoms with Crippen molar-refractivity contribution in [3.63, 3.8) is 0 Å². The van der Waals surface area contributed by atoms with Crippen LogP contribution in [0.1, 0.15) is 27.8 Å². The molecule has 0 amide bonds. The number of anilines is 1. The molecule has 0 spiro atoms. The molecule has 2 rings (SSSR count). The molecule has 0 saturated carbocycles. The van der Waals surface area contributed by atoms with Crippen molar-refractivity contribution in [3.05, 3.63) is 27.8 Å². The van der Waals surface area contributed by atoms with E-state index in [9.17, 15) is 0 Å². The monoisotopic (exact) mass is 175 g/mol. The molecule has 0 aromatic heterocycles. The maximum absolute atomic E-state index is 3.48. The quantitative estimate of drug-likeness (QED) is 0.639. The molecule has 0 aliphatic carbocycles. The molecule has 1 aliphatic heterocycles. The van der Waals surface area contributed by atoms with Gasteiger partial charge in [0.05, 0.1) is 0 Å². The van der Waals surface area contributed by atoms with E-state index in [1.165, 1.54) is 34.4 Å². The Hall–Kier alpha value is -0.980. The smallest absolute Gasteiger partial charge is 0.0408 e. The summed E-state index contributed by atoms with van der Waals surface area (Å²) in [6, 6.07) is 0. The van der Waals surface area contributed by atoms with E-state index < -0.39 is 0 Å². The summed E-state index contributed by atoms with van der Waals surface area (Å²) in [5.41, 5.74) is 8.80. The van der Waals surface area contributed by atoms with E-state index in [4.69, 9.17) is 0 Å². The van der Waals surface area contributed by atoms with Crippen molar-refractivity contribution in [2.75, 3.05) is 11.9 Å². The second kappa shape index (κ2) is 2.76. The van der Waals surface area contributed by atoms with E-state index >= 15 is 0 Å². The average Bonchev–Trinajstić information content (AvgIpc) is 2.59. The van der Waals surface area contributed by atoms with E-state index in [0.717, 1.165) is 6.54 Å². The maximum Gasteiger partial charge on any atom is 0.0408 e. The van der Waals surface area contributed by atoms with Crippen molar-refractivity contribution in [1.29, 1.82) is 0 Å². The van der Waals surface area contributed by atoms with Gasteiger partial charge in [0, 0.05) is 12.2 Å². The number of nitrogens with one attached hydrogen (secondary N) is 1. The largest absolute Gasteiger partial charge is 0.384 e. The lowest BCUT2D eigenvalue weighted by atomic mass is 9.93. The van der Waals surface area contributed by atoms with Gasteiger partial charge in [0.25, 0.3) is 0 Å². The molecule has 0 unspecified atom stereocenters. The van der Waals surface area contributed by atoms with Crippen LogP contribution in [0.15, 0.2) is 0 Å². The molecule has 0 bridgehead atoms. The van der Waals surface area contributed by atoms with Crippen molar-refractivity contribution in [2.45, 2.75) is 34.1 Å². The molecule has 0 radical (unpaired) electrons. The van der Waals surface area contributed by atoms with Crippen LogP contribution in [0.5, 0.6) is 0 Å². The first kappa shape index (κ1) is 8.61. The van der Waals surface area contributed by atoms with E-state index in [1.807, 2.05) is 0 Å². The average molecular weight is 175 g/mol. The van der Waals surface area contributed by atoms with Gasteiger partial charge in [-0.1, -0.05) is 0 Å². The maximum atomic E-state index is 3.48. The van der Waals surface area contributed by atoms with E-state index in [2.05, 4.69) is 33.0 Å². The number of hydrogen-bond donors (Lipinski definition) is 1. The second-order valence-corrected chi connectivity index (χ2v) is 4.03. The van der Waals surface area contributed by atoms with E-state index in [0.29, 0.717) is 0 Å². The van der Waals surface area contributed by atoms with Gasteiger partial charge < -0.3 is 5.32 Å². The molecule has 1 aromatic rings. The van der Waals surface area contributed by atoms with E-state index in [1.54, 1.807) is 5.56 Å². The highest BCUT2D eigenvalue weighted by Gasteiger charge is 2.18. The summed E-state index contributed by atoms with van der Waals surface area (Å²) in [5, 5.41) is 3.48. The molecule has 1 N–H and O–H groups in total. The Labute approximate surface area is 80.2 Å². The lowest BCUT2D eigenvalue weighted by Gasteiger charge is -2.14. The molecule has 70 valence electrons. The summed E-state index contributed by atoms with van der Waals surface area (Å²) in [6.07, 6.45) is 1.20. The minimum atomic E-state index is 1.11. The first-order chi connectivity index (χ1) is 6.13. The molecule has 13 heavy (non-hydrogen) atoms. The first-order valence-electron chi connectivity index (χ1n) is 4.96. The lowest BCUT2D eigenvalue weighted by molar-refractivity contribution is 1.08. The fourth-order valence-corrected chi connectivity index (χ4v) is 2.25. The van der Waals surface area contributed by atoms with Gasteiger partial charge in [0.2, 0.25) is 0 Å². The van der Waals surface area contributed by atoms with Crippen LogP contribution < -0.4 is 5.32 Å². The molecule has 0 fully saturated rings. The van der Waals surface area contributed by atoms with Crippen LogP contribution in [-0.4, -0.2) is 6.54 Å². The van der Waals surface area contributed by atoms with Crippen molar-refractivity contribution in [1.82, 2.24) is 0 Å². The van der Waals surface area contributed by atoms with Crippen LogP contribution in [0.2, 0.25) is 0 Å². The van der Waals surface area contributed by atoms with Crippen molar-refractivity contribution < 1.29 is 0 Å². The SMILES string of the molecule is Cc1c(C)c(C)c2c(c1C)CCN2. The van der Waals surface area contributed by atoms with Crippen molar-refractivity contribution in [2.24, 2.45) is 0 Å². The van der Waals surface area contributed by atoms with Crippen LogP contribution in [0, 0.1) is 27.7 Å². The van der Waals surface area contributed by atoms with Gasteiger partial charge in [0.15, 0.2) is 0 Å². The minimum Gasteiger partial charge on any atom is -0.384 e. The van der Waals surface area contributed by atoms with Gasteiger partial charge in [-0.2, -0.15) is 0 Å². The van der Waals surface area contributed by atoms with Crippen LogP contribution in [-0.2, 0) is 6.42 Å². The standard InChI is InChI=1S/C12H17N/c1-7-8(2)10(4)12-11(9(7)3)5-6-13-12/h13H,5-6H2,1-4H3. The highest BCUT2D eigenvalue weighted by atomic mass is 14.9. The predicted octanol–water partition coefficient (Wildman–Crippen LogP) is 2.89. The van der Waals surface area contributed by atoms with Crippen LogP contribution in [0.4, 0.5) is 5.69 Å². The third-order valence-electron chi connectivity index (χ3n) is 3.49. The van der Waals surface area contributed by atoms with Gasteiger partial charge in [-0.3, -0.25) is 0 Å². The molecule has 1 aliphatic rings. The van der Waals surface area contributed by atoms with Gasteiger partial charge in [-0.15, -0.1) is 0 Å². The van der Waals surface area contributed by atoms with Crippen molar-refractivity contribution >= 4 is 5.69 Å². The summed E-state index contributed by atoms with van der Waals surface area (Å²) < 4.78 is 0. The third-order valence-corrected chi connectivity index (χ3v) is 3.49. The molecule has 1 aromatic carbocycles. The fraction of sp³-hybridized carbons (Fsp3) is 0.500. The second-order valence-electron chi connectivity index (χ2n) is 4.03. The minimum absolute atomic E-state index is 1.11. The number of fused-ring (bicyclic) bond motifs is 1. The van der Waals surface area contributed by atoms with Gasteiger partial charge in [-0.05, 0) is 61.9 Å². The van der Waals surface area contributed by atoms with Crippen LogP contribution in [0.3, 0.4) is 0 Å². The lowest BCUT2D eigenvalue weighted by Crippen LogP contribution is -1.98. The summed E-state index contributed by atoms with van der Waals surface area (Å²) >= 11 is 0. The molecule has 1 heterocycles. The van der Waals surface area contributed by atoms with Crippen LogP contribution >= 0.6 is 0 Å². The number of hydrogen-bond acceptors (Lipinski definition) is 1. The Morgan fingerprint density at radius 1 is 0.846 bits per heavy atom. The molecule has 0 saturated heterocycles. The van der Waals surface area contributed by atoms with E-state index in [-0.39, 0.29) is 0 Å². The zero-order valence-corrected chi connectivity index (χ0v) is 8.91. The molecular formula is C12H17N. The number of rotatable bonds is 0. The predicted molar refractivity (Wildman–Crippen MR) is 57.6 cm³/mol. The molecule has 1 nitrogen and oxygen atoms in total. The first-order valence-corrected chi connectivity index (χ1v) is 4.96. The summed E-state index contributed by atoms with van der Waals surface area (Å²) in [6.45, 7) is 10.0. The van der Waals surface area contributed by atoms with Gasteiger partial charge >= 0.3 is 0 Å². The highest BCUT2D eigenvalue weighted by Crippen LogP contribution is 2.33. The Balaban J connectivity index is 2.77. The Morgan fingerprint density at radius 3 is 2.15 bits per heavy atom. The Bertz CT molecular complexity index is 329. The summed E-state index contributed by atoms with van der Waals surface area (Å²) in [7, 11) is 0. The topological polar surface area (TPSA) is 12.0 Å². The van der Waals surface area contributed by atoms with Crippen molar-refractivity contribution in [3.8, 4) is 0 Å². The normalized spacial score (nSPS) is 14.2. The highest BCUT2D eigenvalue weighted by molar-refractivity contribution is 5.67. The zero-order chi connectivity index (χ0) is 9.59. The summed E-state index contributed by atoms with van der Waals surface area (Å²) in [5.74, 6) is 0. The molecule has 1 heteroatoms. The van der Waals surface area contributed by atoms with Crippen LogP contribution in [0.25, 0.3) is 0 Å². The Kier molecular flexibility index (Phi) is 1.83. The van der Waals surface area contributed by atoms with Gasteiger partial charge in [0.1, 0.15) is 0 Å². The fourth-order valence-electron chi connectivity index (χ4n) is 2.25. The molecule has 0 atom stereocenters. The van der Waals surface area contributed by atoms with Gasteiger partial charge in [-0.25, -0.2) is 0 Å². The Morgan fingerprint density at radius 2 is 1.46 bits per heavy atom. The number of benzene rings is 1. The third kappa shape index (κ3) is 1.06.